The van der Waals surface area contributed by atoms with Crippen molar-refractivity contribution in [3.05, 3.63) is 77.4 Å². The number of esters is 4. The molecule has 1 unspecified atom stereocenters. The minimum absolute atomic E-state index is 0.00154. The number of rotatable bonds is 12. The highest BCUT2D eigenvalue weighted by molar-refractivity contribution is 5.95. The van der Waals surface area contributed by atoms with Crippen LogP contribution < -0.4 is 10.1 Å². The Hall–Kier alpha value is -5.16. The quantitative estimate of drug-likeness (QED) is 0.137. The summed E-state index contributed by atoms with van der Waals surface area (Å²) in [6.45, 7) is 10.9. The molecule has 2 aromatic rings. The molecule has 1 heterocycles. The van der Waals surface area contributed by atoms with Gasteiger partial charge in [-0.25, -0.2) is 9.59 Å². The number of Topliss-reactive ketones (excluding diaryl/α,β-unsaturated/α-hetero) is 1. The van der Waals surface area contributed by atoms with Crippen LogP contribution in [0.2, 0.25) is 0 Å². The molecule has 3 aliphatic carbocycles. The Morgan fingerprint density at radius 2 is 1.54 bits per heavy atom. The van der Waals surface area contributed by atoms with Gasteiger partial charge in [0.1, 0.15) is 29.7 Å². The fourth-order valence-corrected chi connectivity index (χ4v) is 9.88. The molecule has 6 rings (SSSR count). The van der Waals surface area contributed by atoms with Crippen LogP contribution in [0.25, 0.3) is 0 Å². The molecule has 1 amide bonds. The van der Waals surface area contributed by atoms with E-state index < -0.39 is 125 Å². The lowest BCUT2D eigenvalue weighted by molar-refractivity contribution is -0.346. The number of ketones is 1. The van der Waals surface area contributed by atoms with Crippen LogP contribution in [-0.2, 0) is 47.7 Å². The number of nitrogens with one attached hydrogen (secondary N) is 1. The second kappa shape index (κ2) is 17.0. The zero-order valence-corrected chi connectivity index (χ0v) is 35.5. The van der Waals surface area contributed by atoms with Crippen molar-refractivity contribution in [3.8, 4) is 5.75 Å². The van der Waals surface area contributed by atoms with Crippen LogP contribution in [0.15, 0.2) is 71.8 Å². The minimum Gasteiger partial charge on any atom is -0.484 e. The van der Waals surface area contributed by atoms with Gasteiger partial charge in [0, 0.05) is 32.1 Å². The SMILES string of the molecule is CC(=O)O[C@H]1C(=O)[C@@]2(C)[C@H]([C@H](OC(=O)c3ccccc3)[C@]3(O)CC(OC(=O)[C@H](O)[C@@H](NC(=O)COc4ccccc4)C(C)C)C(C)=C1C3(C)C)[C@]1(OC(C)=O)CO[C@@H]1C[C@@H]2O. The van der Waals surface area contributed by atoms with Gasteiger partial charge in [-0.2, -0.15) is 0 Å². The summed E-state index contributed by atoms with van der Waals surface area (Å²) in [6.07, 6.45) is -10.4. The summed E-state index contributed by atoms with van der Waals surface area (Å²) in [6, 6.07) is 15.2. The van der Waals surface area contributed by atoms with E-state index in [1.807, 2.05) is 0 Å². The normalized spacial score (nSPS) is 32.3. The zero-order valence-electron chi connectivity index (χ0n) is 35.5. The summed E-state index contributed by atoms with van der Waals surface area (Å²) in [5, 5.41) is 39.7. The van der Waals surface area contributed by atoms with Crippen molar-refractivity contribution in [2.45, 2.75) is 122 Å². The number of aliphatic hydroxyl groups is 3. The van der Waals surface area contributed by atoms with Crippen LogP contribution in [0.5, 0.6) is 5.75 Å². The smallest absolute Gasteiger partial charge is 0.338 e. The van der Waals surface area contributed by atoms with Gasteiger partial charge < -0.3 is 49.1 Å². The third-order valence-electron chi connectivity index (χ3n) is 13.2. The number of fused-ring (bicyclic) bond motifs is 5. The van der Waals surface area contributed by atoms with E-state index in [9.17, 15) is 39.3 Å². The second-order valence-corrected chi connectivity index (χ2v) is 17.6. The van der Waals surface area contributed by atoms with Gasteiger partial charge >= 0.3 is 23.9 Å². The molecule has 4 N–H and O–H groups in total. The number of carbonyl (C=O) groups is 6. The van der Waals surface area contributed by atoms with Gasteiger partial charge in [0.25, 0.3) is 5.91 Å². The molecule has 2 saturated carbocycles. The van der Waals surface area contributed by atoms with Crippen LogP contribution >= 0.6 is 0 Å². The number of hydrogen-bond donors (Lipinski definition) is 4. The molecule has 11 atom stereocenters. The number of para-hydroxylation sites is 1. The number of aliphatic hydroxyl groups excluding tert-OH is 2. The molecule has 16 nitrogen and oxygen atoms in total. The van der Waals surface area contributed by atoms with Gasteiger partial charge in [-0.3, -0.25) is 19.2 Å². The lowest BCUT2D eigenvalue weighted by Crippen LogP contribution is -2.82. The average Bonchev–Trinajstić information content (AvgIpc) is 3.20. The molecular weight excluding hydrogens is 794 g/mol. The van der Waals surface area contributed by atoms with Gasteiger partial charge in [-0.05, 0) is 55.2 Å². The molecule has 16 heteroatoms. The highest BCUT2D eigenvalue weighted by atomic mass is 16.6. The van der Waals surface area contributed by atoms with Crippen molar-refractivity contribution in [2.75, 3.05) is 13.2 Å². The molecule has 2 aromatic carbocycles. The Balaban J connectivity index is 1.47. The van der Waals surface area contributed by atoms with Gasteiger partial charge in [0.2, 0.25) is 0 Å². The summed E-state index contributed by atoms with van der Waals surface area (Å²) < 4.78 is 35.6. The van der Waals surface area contributed by atoms with E-state index in [0.717, 1.165) is 13.8 Å². The van der Waals surface area contributed by atoms with Crippen molar-refractivity contribution in [1.29, 1.82) is 0 Å². The van der Waals surface area contributed by atoms with Crippen molar-refractivity contribution >= 4 is 35.6 Å². The molecule has 0 radical (unpaired) electrons. The summed E-state index contributed by atoms with van der Waals surface area (Å²) >= 11 is 0. The lowest BCUT2D eigenvalue weighted by Gasteiger charge is -2.67. The standard InChI is InChI=1S/C45H55NO15/c1-23(2)34(46-32(50)21-56-28-17-13-10-14-18-28)35(51)41(54)59-29-20-45(55)39(60-40(53)27-15-11-9-12-16-27)37-43(8,30(49)19-31-44(37,22-57-31)61-26(5)48)38(52)36(58-25(4)47)33(24(29)3)42(45,6)7/h9-18,23,29-31,34-37,39,49,51,55H,19-22H2,1-8H3,(H,46,50)/t29?,30-,31+,34-,35+,36+,37-,39-,43+,44-,45+/m0/s1. The van der Waals surface area contributed by atoms with Crippen LogP contribution in [-0.4, -0.2) is 118 Å². The van der Waals surface area contributed by atoms with Crippen molar-refractivity contribution < 1.29 is 72.5 Å². The van der Waals surface area contributed by atoms with Crippen molar-refractivity contribution in [1.82, 2.24) is 5.32 Å². The fraction of sp³-hybridized carbons (Fsp3) is 0.556. The first kappa shape index (κ1) is 45.4. The lowest BCUT2D eigenvalue weighted by atomic mass is 9.44. The number of ether oxygens (including phenoxy) is 6. The third-order valence-corrected chi connectivity index (χ3v) is 13.2. The monoisotopic (exact) mass is 849 g/mol. The van der Waals surface area contributed by atoms with E-state index in [2.05, 4.69) is 5.32 Å². The molecule has 2 bridgehead atoms. The van der Waals surface area contributed by atoms with Crippen molar-refractivity contribution in [3.63, 3.8) is 0 Å². The Morgan fingerprint density at radius 1 is 0.918 bits per heavy atom. The highest BCUT2D eigenvalue weighted by Gasteiger charge is 2.78. The number of carbonyl (C=O) groups excluding carboxylic acids is 6. The molecule has 330 valence electrons. The van der Waals surface area contributed by atoms with Gasteiger partial charge in [-0.1, -0.05) is 64.1 Å². The first-order valence-corrected chi connectivity index (χ1v) is 20.4. The topological polar surface area (TPSA) is 231 Å². The van der Waals surface area contributed by atoms with E-state index >= 15 is 4.79 Å². The maximum atomic E-state index is 15.4. The van der Waals surface area contributed by atoms with Crippen LogP contribution in [0.3, 0.4) is 0 Å². The summed E-state index contributed by atoms with van der Waals surface area (Å²) in [5.74, 6) is -6.93. The largest absolute Gasteiger partial charge is 0.484 e. The van der Waals surface area contributed by atoms with E-state index in [4.69, 9.17) is 28.4 Å². The van der Waals surface area contributed by atoms with E-state index in [1.54, 1.807) is 76.2 Å². The van der Waals surface area contributed by atoms with Gasteiger partial charge in [0.05, 0.1) is 35.6 Å². The van der Waals surface area contributed by atoms with E-state index in [1.165, 1.54) is 26.0 Å². The third kappa shape index (κ3) is 7.94. The maximum absolute atomic E-state index is 15.4. The average molecular weight is 850 g/mol. The van der Waals surface area contributed by atoms with E-state index in [0.29, 0.717) is 5.75 Å². The zero-order chi connectivity index (χ0) is 44.8. The molecule has 3 fully saturated rings. The molecular formula is C45H55NO15. The first-order chi connectivity index (χ1) is 28.6. The predicted molar refractivity (Wildman–Crippen MR) is 213 cm³/mol. The molecule has 61 heavy (non-hydrogen) atoms. The van der Waals surface area contributed by atoms with Crippen LogP contribution in [0.4, 0.5) is 0 Å². The number of benzene rings is 2. The Bertz CT molecular complexity index is 2070. The van der Waals surface area contributed by atoms with Crippen molar-refractivity contribution in [2.24, 2.45) is 22.7 Å². The molecule has 0 spiro atoms. The predicted octanol–water partition coefficient (Wildman–Crippen LogP) is 2.78. The van der Waals surface area contributed by atoms with Gasteiger partial charge in [-0.15, -0.1) is 0 Å². The number of amides is 1. The Kier molecular flexibility index (Phi) is 12.6. The van der Waals surface area contributed by atoms with E-state index in [-0.39, 0.29) is 29.7 Å². The second-order valence-electron chi connectivity index (χ2n) is 17.6. The van der Waals surface area contributed by atoms with Gasteiger partial charge in [0.15, 0.2) is 30.2 Å². The molecule has 1 saturated heterocycles. The summed E-state index contributed by atoms with van der Waals surface area (Å²) in [5.41, 5.74) is -7.59. The fourth-order valence-electron chi connectivity index (χ4n) is 9.88. The van der Waals surface area contributed by atoms with Crippen LogP contribution in [0, 0.1) is 22.7 Å². The summed E-state index contributed by atoms with van der Waals surface area (Å²) in [7, 11) is 0. The summed E-state index contributed by atoms with van der Waals surface area (Å²) in [4.78, 5) is 82.6. The molecule has 1 aliphatic heterocycles. The highest BCUT2D eigenvalue weighted by Crippen LogP contribution is 2.64. The maximum Gasteiger partial charge on any atom is 0.338 e. The minimum atomic E-state index is -2.38. The first-order valence-electron chi connectivity index (χ1n) is 20.4. The Labute approximate surface area is 353 Å². The number of hydrogen-bond acceptors (Lipinski definition) is 15. The van der Waals surface area contributed by atoms with Crippen LogP contribution in [0.1, 0.15) is 78.6 Å². The molecule has 4 aliphatic rings. The molecule has 0 aromatic heterocycles. The Morgan fingerprint density at radius 3 is 2.10 bits per heavy atom.